The summed E-state index contributed by atoms with van der Waals surface area (Å²) in [6.07, 6.45) is 7.22. The Morgan fingerprint density at radius 1 is 1.03 bits per heavy atom. The summed E-state index contributed by atoms with van der Waals surface area (Å²) in [4.78, 5) is 31.5. The van der Waals surface area contributed by atoms with Crippen LogP contribution in [0.3, 0.4) is 0 Å². The van der Waals surface area contributed by atoms with Crippen LogP contribution in [0.2, 0.25) is 0 Å². The van der Waals surface area contributed by atoms with Crippen molar-refractivity contribution < 1.29 is 19.1 Å². The van der Waals surface area contributed by atoms with E-state index in [1.54, 1.807) is 30.5 Å². The molecule has 1 aromatic carbocycles. The predicted molar refractivity (Wildman–Crippen MR) is 146 cm³/mol. The molecule has 1 aliphatic rings. The zero-order valence-electron chi connectivity index (χ0n) is 22.3. The smallest absolute Gasteiger partial charge is 0.242 e. The topological polar surface area (TPSA) is 59.1 Å². The second-order valence-corrected chi connectivity index (χ2v) is 11.2. The number of hydrogen-bond acceptors (Lipinski definition) is 5. The Labute approximate surface area is 220 Å². The van der Waals surface area contributed by atoms with Gasteiger partial charge in [-0.05, 0) is 53.8 Å². The summed E-state index contributed by atoms with van der Waals surface area (Å²) >= 11 is 1.65. The van der Waals surface area contributed by atoms with Crippen molar-refractivity contribution in [3.8, 4) is 11.5 Å². The van der Waals surface area contributed by atoms with Gasteiger partial charge in [0.15, 0.2) is 11.5 Å². The van der Waals surface area contributed by atoms with Gasteiger partial charge in [-0.2, -0.15) is 0 Å². The Hall–Kier alpha value is -2.54. The summed E-state index contributed by atoms with van der Waals surface area (Å²) < 4.78 is 10.8. The first-order chi connectivity index (χ1) is 17.4. The van der Waals surface area contributed by atoms with Crippen molar-refractivity contribution in [3.63, 3.8) is 0 Å². The van der Waals surface area contributed by atoms with E-state index in [1.165, 1.54) is 25.7 Å². The van der Waals surface area contributed by atoms with Crippen LogP contribution in [-0.2, 0) is 22.6 Å². The lowest BCUT2D eigenvalue weighted by atomic mass is 10.0. The van der Waals surface area contributed by atoms with E-state index in [0.717, 1.165) is 16.9 Å². The van der Waals surface area contributed by atoms with Crippen LogP contribution in [0.4, 0.5) is 0 Å². The highest BCUT2D eigenvalue weighted by Crippen LogP contribution is 2.29. The van der Waals surface area contributed by atoms with E-state index in [4.69, 9.17) is 9.47 Å². The molecule has 3 rings (SSSR count). The van der Waals surface area contributed by atoms with Gasteiger partial charge in [-0.25, -0.2) is 0 Å². The van der Waals surface area contributed by atoms with Crippen LogP contribution in [-0.4, -0.2) is 55.5 Å². The van der Waals surface area contributed by atoms with Crippen molar-refractivity contribution in [3.05, 3.63) is 46.2 Å². The number of methoxy groups -OCH3 is 2. The van der Waals surface area contributed by atoms with E-state index in [-0.39, 0.29) is 18.4 Å². The Kier molecular flexibility index (Phi) is 11.1. The standard InChI is InChI=1S/C29H42N2O4S/c1-22(2)19-31(28(32)14-12-23-8-5-6-9-23)21-29(33)30(20-25-10-7-17-36-25)16-15-24-11-13-26(34-3)27(18-24)35-4/h7,10-11,13,17-18,22-23H,5-6,8-9,12,14-16,19-21H2,1-4H3. The number of nitrogens with zero attached hydrogens (tertiary/aromatic N) is 2. The molecule has 0 unspecified atom stereocenters. The molecule has 1 fully saturated rings. The Morgan fingerprint density at radius 3 is 2.42 bits per heavy atom. The summed E-state index contributed by atoms with van der Waals surface area (Å²) in [5.74, 6) is 2.46. The van der Waals surface area contributed by atoms with Gasteiger partial charge in [0.2, 0.25) is 11.8 Å². The second kappa shape index (κ2) is 14.3. The van der Waals surface area contributed by atoms with E-state index in [1.807, 2.05) is 34.5 Å². The first-order valence-electron chi connectivity index (χ1n) is 13.2. The lowest BCUT2D eigenvalue weighted by Gasteiger charge is -2.29. The lowest BCUT2D eigenvalue weighted by molar-refractivity contribution is -0.141. The van der Waals surface area contributed by atoms with Gasteiger partial charge in [-0.15, -0.1) is 11.3 Å². The molecule has 1 heterocycles. The molecule has 0 atom stereocenters. The molecule has 0 saturated heterocycles. The first kappa shape index (κ1) is 28.0. The van der Waals surface area contributed by atoms with Gasteiger partial charge in [0, 0.05) is 24.4 Å². The summed E-state index contributed by atoms with van der Waals surface area (Å²) in [6.45, 7) is 6.06. The fourth-order valence-electron chi connectivity index (χ4n) is 4.93. The van der Waals surface area contributed by atoms with Crippen molar-refractivity contribution in [1.82, 2.24) is 9.80 Å². The number of rotatable bonds is 14. The van der Waals surface area contributed by atoms with Crippen LogP contribution in [0.25, 0.3) is 0 Å². The van der Waals surface area contributed by atoms with Crippen LogP contribution in [0, 0.1) is 11.8 Å². The summed E-state index contributed by atoms with van der Waals surface area (Å²) in [5.41, 5.74) is 1.07. The Bertz CT molecular complexity index is 954. The Balaban J connectivity index is 1.67. The van der Waals surface area contributed by atoms with Crippen molar-refractivity contribution in [1.29, 1.82) is 0 Å². The van der Waals surface area contributed by atoms with Crippen LogP contribution < -0.4 is 9.47 Å². The van der Waals surface area contributed by atoms with Crippen molar-refractivity contribution in [2.45, 2.75) is 65.3 Å². The highest BCUT2D eigenvalue weighted by Gasteiger charge is 2.24. The largest absolute Gasteiger partial charge is 0.493 e. The van der Waals surface area contributed by atoms with Crippen LogP contribution in [0.5, 0.6) is 11.5 Å². The fraction of sp³-hybridized carbons (Fsp3) is 0.586. The summed E-state index contributed by atoms with van der Waals surface area (Å²) in [5, 5.41) is 2.03. The van der Waals surface area contributed by atoms with Gasteiger partial charge in [0.25, 0.3) is 0 Å². The third-order valence-corrected chi connectivity index (χ3v) is 7.76. The SMILES string of the molecule is COc1ccc(CCN(Cc2cccs2)C(=O)CN(CC(C)C)C(=O)CCC2CCCC2)cc1OC. The maximum absolute atomic E-state index is 13.6. The molecule has 2 amide bonds. The lowest BCUT2D eigenvalue weighted by Crippen LogP contribution is -2.44. The molecule has 0 aliphatic heterocycles. The molecule has 6 nitrogen and oxygen atoms in total. The Morgan fingerprint density at radius 2 is 1.78 bits per heavy atom. The molecule has 0 N–H and O–H groups in total. The first-order valence-corrected chi connectivity index (χ1v) is 14.1. The molecular weight excluding hydrogens is 472 g/mol. The predicted octanol–water partition coefficient (Wildman–Crippen LogP) is 5.79. The van der Waals surface area contributed by atoms with Gasteiger partial charge in [-0.3, -0.25) is 9.59 Å². The van der Waals surface area contributed by atoms with Crippen LogP contribution in [0.1, 0.15) is 62.8 Å². The molecule has 36 heavy (non-hydrogen) atoms. The molecule has 0 spiro atoms. The average Bonchev–Trinajstić information content (AvgIpc) is 3.58. The molecule has 1 aliphatic carbocycles. The quantitative estimate of drug-likeness (QED) is 0.320. The summed E-state index contributed by atoms with van der Waals surface area (Å²) in [7, 11) is 3.25. The van der Waals surface area contributed by atoms with E-state index in [9.17, 15) is 9.59 Å². The molecular formula is C29H42N2O4S. The van der Waals surface area contributed by atoms with E-state index >= 15 is 0 Å². The molecule has 0 radical (unpaired) electrons. The number of hydrogen-bond donors (Lipinski definition) is 0. The van der Waals surface area contributed by atoms with E-state index in [0.29, 0.717) is 55.8 Å². The number of amides is 2. The summed E-state index contributed by atoms with van der Waals surface area (Å²) in [6, 6.07) is 9.93. The van der Waals surface area contributed by atoms with Crippen LogP contribution >= 0.6 is 11.3 Å². The number of ether oxygens (including phenoxy) is 2. The number of thiophene rings is 1. The molecule has 7 heteroatoms. The van der Waals surface area contributed by atoms with Crippen molar-refractivity contribution in [2.24, 2.45) is 11.8 Å². The number of carbonyl (C=O) groups is 2. The van der Waals surface area contributed by atoms with E-state index in [2.05, 4.69) is 19.9 Å². The molecule has 198 valence electrons. The number of carbonyl (C=O) groups excluding carboxylic acids is 2. The zero-order valence-corrected chi connectivity index (χ0v) is 23.1. The number of benzene rings is 1. The minimum Gasteiger partial charge on any atom is -0.493 e. The van der Waals surface area contributed by atoms with Gasteiger partial charge < -0.3 is 19.3 Å². The van der Waals surface area contributed by atoms with Crippen molar-refractivity contribution in [2.75, 3.05) is 33.9 Å². The minimum atomic E-state index is -0.00116. The monoisotopic (exact) mass is 514 g/mol. The van der Waals surface area contributed by atoms with Crippen LogP contribution in [0.15, 0.2) is 35.7 Å². The van der Waals surface area contributed by atoms with Gasteiger partial charge >= 0.3 is 0 Å². The van der Waals surface area contributed by atoms with Crippen molar-refractivity contribution >= 4 is 23.2 Å². The van der Waals surface area contributed by atoms with E-state index < -0.39 is 0 Å². The minimum absolute atomic E-state index is 0.00116. The molecule has 1 aromatic heterocycles. The molecule has 1 saturated carbocycles. The average molecular weight is 515 g/mol. The van der Waals surface area contributed by atoms with Gasteiger partial charge in [0.05, 0.1) is 27.3 Å². The van der Waals surface area contributed by atoms with Gasteiger partial charge in [0.1, 0.15) is 0 Å². The highest BCUT2D eigenvalue weighted by molar-refractivity contribution is 7.09. The third-order valence-electron chi connectivity index (χ3n) is 6.90. The van der Waals surface area contributed by atoms with Gasteiger partial charge in [-0.1, -0.05) is 51.7 Å². The normalized spacial score (nSPS) is 13.7. The zero-order chi connectivity index (χ0) is 25.9. The fourth-order valence-corrected chi connectivity index (χ4v) is 5.65. The molecule has 2 aromatic rings. The highest BCUT2D eigenvalue weighted by atomic mass is 32.1. The third kappa shape index (κ3) is 8.54. The molecule has 0 bridgehead atoms. The second-order valence-electron chi connectivity index (χ2n) is 10.2. The maximum Gasteiger partial charge on any atom is 0.242 e. The maximum atomic E-state index is 13.6.